The summed E-state index contributed by atoms with van der Waals surface area (Å²) in [6.07, 6.45) is 36.3. The van der Waals surface area contributed by atoms with Crippen LogP contribution in [0.3, 0.4) is 0 Å². The summed E-state index contributed by atoms with van der Waals surface area (Å²) in [7, 11) is -9.89. The van der Waals surface area contributed by atoms with Crippen molar-refractivity contribution < 1.29 is 80.2 Å². The van der Waals surface area contributed by atoms with Crippen molar-refractivity contribution in [3.63, 3.8) is 0 Å². The molecule has 0 aromatic rings. The van der Waals surface area contributed by atoms with Gasteiger partial charge in [0.2, 0.25) is 0 Å². The highest BCUT2D eigenvalue weighted by molar-refractivity contribution is 7.47. The fourth-order valence-corrected chi connectivity index (χ4v) is 11.3. The summed E-state index contributed by atoms with van der Waals surface area (Å²) in [6.45, 7) is 14.0. The van der Waals surface area contributed by atoms with Crippen LogP contribution in [-0.2, 0) is 65.4 Å². The predicted molar refractivity (Wildman–Crippen MR) is 340 cm³/mol. The Kier molecular flexibility index (Phi) is 54.8. The number of aliphatic hydroxyl groups excluding tert-OH is 1. The molecule has 0 aromatic heterocycles. The number of rotatable bonds is 63. The van der Waals surface area contributed by atoms with Gasteiger partial charge in [-0.05, 0) is 49.4 Å². The Labute approximate surface area is 517 Å². The van der Waals surface area contributed by atoms with E-state index < -0.39 is 97.5 Å². The first kappa shape index (κ1) is 83.1. The number of hydrogen-bond donors (Lipinski definition) is 3. The average Bonchev–Trinajstić information content (AvgIpc) is 3.48. The van der Waals surface area contributed by atoms with E-state index in [0.717, 1.165) is 114 Å². The van der Waals surface area contributed by atoms with Crippen LogP contribution in [0.1, 0.15) is 319 Å². The molecule has 0 bridgehead atoms. The molecular weight excluding hydrogens is 1130 g/mol. The van der Waals surface area contributed by atoms with E-state index in [4.69, 9.17) is 37.0 Å². The molecule has 85 heavy (non-hydrogen) atoms. The van der Waals surface area contributed by atoms with Crippen molar-refractivity contribution in [3.8, 4) is 0 Å². The molecular formula is C66H128O17P2. The number of carbonyl (C=O) groups excluding carboxylic acids is 4. The smallest absolute Gasteiger partial charge is 0.462 e. The van der Waals surface area contributed by atoms with Crippen molar-refractivity contribution in [2.45, 2.75) is 337 Å². The Hall–Kier alpha value is -1.94. The Balaban J connectivity index is 5.24. The lowest BCUT2D eigenvalue weighted by molar-refractivity contribution is -0.161. The standard InChI is InChI=1S/C66H128O17P2/c1-9-58(7)44-36-28-22-24-32-40-48-65(70)82-61(52-76-63(68)46-38-30-20-15-13-11-12-14-18-26-34-42-56(3)4)54-80-84(72,73)78-50-60(67)51-79-85(74,75)81-55-62(83-66(71)49-41-33-25-23-29-37-45-59(8)10-2)53-77-64(69)47-39-31-21-17-16-19-27-35-43-57(5)6/h56-62,67H,9-55H2,1-8H3,(H,72,73)(H,74,75)/t58?,59?,60?,61-,62-/m1/s1. The van der Waals surface area contributed by atoms with Crippen molar-refractivity contribution >= 4 is 39.5 Å². The number of aliphatic hydroxyl groups is 1. The molecule has 5 unspecified atom stereocenters. The number of hydrogen-bond acceptors (Lipinski definition) is 15. The fourth-order valence-electron chi connectivity index (χ4n) is 9.72. The number of phosphoric ester groups is 2. The first-order valence-electron chi connectivity index (χ1n) is 34.3. The second-order valence-corrected chi connectivity index (χ2v) is 28.2. The van der Waals surface area contributed by atoms with E-state index in [1.165, 1.54) is 122 Å². The van der Waals surface area contributed by atoms with Gasteiger partial charge in [0, 0.05) is 25.7 Å². The summed E-state index contributed by atoms with van der Waals surface area (Å²) < 4.78 is 68.1. The highest BCUT2D eigenvalue weighted by atomic mass is 31.2. The molecule has 0 aromatic carbocycles. The van der Waals surface area contributed by atoms with E-state index in [2.05, 4.69) is 55.4 Å². The maximum absolute atomic E-state index is 13.0. The maximum Gasteiger partial charge on any atom is 0.472 e. The van der Waals surface area contributed by atoms with Gasteiger partial charge in [0.15, 0.2) is 12.2 Å². The number of carbonyl (C=O) groups is 4. The zero-order valence-electron chi connectivity index (χ0n) is 55.2. The summed E-state index contributed by atoms with van der Waals surface area (Å²) in [6, 6.07) is 0. The van der Waals surface area contributed by atoms with Gasteiger partial charge in [-0.25, -0.2) is 9.13 Å². The quantitative estimate of drug-likeness (QED) is 0.0222. The van der Waals surface area contributed by atoms with Crippen molar-refractivity contribution in [1.82, 2.24) is 0 Å². The van der Waals surface area contributed by atoms with E-state index >= 15 is 0 Å². The maximum atomic E-state index is 13.0. The number of phosphoric acid groups is 2. The van der Waals surface area contributed by atoms with Gasteiger partial charge < -0.3 is 33.8 Å². The van der Waals surface area contributed by atoms with Gasteiger partial charge >= 0.3 is 39.5 Å². The number of unbranched alkanes of at least 4 members (excludes halogenated alkanes) is 27. The molecule has 17 nitrogen and oxygen atoms in total. The Bertz CT molecular complexity index is 1700. The van der Waals surface area contributed by atoms with Gasteiger partial charge in [-0.2, -0.15) is 0 Å². The van der Waals surface area contributed by atoms with Gasteiger partial charge in [-0.3, -0.25) is 37.3 Å². The minimum Gasteiger partial charge on any atom is -0.462 e. The van der Waals surface area contributed by atoms with Crippen LogP contribution in [0.2, 0.25) is 0 Å². The molecule has 0 radical (unpaired) electrons. The van der Waals surface area contributed by atoms with E-state index in [1.807, 2.05) is 0 Å². The lowest BCUT2D eigenvalue weighted by Crippen LogP contribution is -2.30. The van der Waals surface area contributed by atoms with Crippen LogP contribution in [-0.4, -0.2) is 96.7 Å². The highest BCUT2D eigenvalue weighted by Gasteiger charge is 2.30. The minimum absolute atomic E-state index is 0.102. The lowest BCUT2D eigenvalue weighted by atomic mass is 10.00. The summed E-state index contributed by atoms with van der Waals surface area (Å²) in [5, 5.41) is 10.5. The van der Waals surface area contributed by atoms with Crippen LogP contribution in [0.15, 0.2) is 0 Å². The van der Waals surface area contributed by atoms with Crippen LogP contribution >= 0.6 is 15.6 Å². The molecule has 0 rings (SSSR count). The predicted octanol–water partition coefficient (Wildman–Crippen LogP) is 18.1. The Morgan fingerprint density at radius 1 is 0.329 bits per heavy atom. The molecule has 0 saturated carbocycles. The van der Waals surface area contributed by atoms with Crippen molar-refractivity contribution in [3.05, 3.63) is 0 Å². The van der Waals surface area contributed by atoms with E-state index in [9.17, 15) is 43.2 Å². The zero-order valence-corrected chi connectivity index (χ0v) is 57.0. The molecule has 0 amide bonds. The molecule has 19 heteroatoms. The SMILES string of the molecule is CCC(C)CCCCCCCCC(=O)O[C@H](COC(=O)CCCCCCCCCCCCCC(C)C)COP(=O)(O)OCC(O)COP(=O)(O)OC[C@@H](COC(=O)CCCCCCCCCCC(C)C)OC(=O)CCCCCCCCC(C)CC. The fraction of sp³-hybridized carbons (Fsp3) is 0.939. The van der Waals surface area contributed by atoms with Gasteiger partial charge in [0.1, 0.15) is 19.3 Å². The average molecular weight is 1260 g/mol. The highest BCUT2D eigenvalue weighted by Crippen LogP contribution is 2.45. The monoisotopic (exact) mass is 1250 g/mol. The zero-order chi connectivity index (χ0) is 63.2. The molecule has 0 saturated heterocycles. The minimum atomic E-state index is -4.95. The molecule has 0 aliphatic carbocycles. The van der Waals surface area contributed by atoms with Crippen LogP contribution < -0.4 is 0 Å². The Morgan fingerprint density at radius 2 is 0.565 bits per heavy atom. The molecule has 0 aliphatic rings. The number of ether oxygens (including phenoxy) is 4. The summed E-state index contributed by atoms with van der Waals surface area (Å²) >= 11 is 0. The molecule has 0 spiro atoms. The first-order chi connectivity index (χ1) is 40.7. The first-order valence-corrected chi connectivity index (χ1v) is 37.3. The Morgan fingerprint density at radius 3 is 0.835 bits per heavy atom. The largest absolute Gasteiger partial charge is 0.472 e. The molecule has 7 atom stereocenters. The topological polar surface area (TPSA) is 237 Å². The third-order valence-electron chi connectivity index (χ3n) is 15.8. The van der Waals surface area contributed by atoms with Gasteiger partial charge in [0.05, 0.1) is 26.4 Å². The third kappa shape index (κ3) is 58.2. The van der Waals surface area contributed by atoms with Gasteiger partial charge in [-0.1, -0.05) is 267 Å². The second-order valence-electron chi connectivity index (χ2n) is 25.3. The van der Waals surface area contributed by atoms with Crippen LogP contribution in [0.4, 0.5) is 0 Å². The van der Waals surface area contributed by atoms with E-state index in [0.29, 0.717) is 25.7 Å². The summed E-state index contributed by atoms with van der Waals surface area (Å²) in [5.74, 6) is 0.797. The van der Waals surface area contributed by atoms with Gasteiger partial charge in [-0.15, -0.1) is 0 Å². The lowest BCUT2D eigenvalue weighted by Gasteiger charge is -2.21. The van der Waals surface area contributed by atoms with Crippen molar-refractivity contribution in [2.75, 3.05) is 39.6 Å². The van der Waals surface area contributed by atoms with Crippen LogP contribution in [0.25, 0.3) is 0 Å². The number of esters is 4. The third-order valence-corrected chi connectivity index (χ3v) is 17.7. The molecule has 0 fully saturated rings. The van der Waals surface area contributed by atoms with Crippen molar-refractivity contribution in [1.29, 1.82) is 0 Å². The molecule has 0 heterocycles. The van der Waals surface area contributed by atoms with Gasteiger partial charge in [0.25, 0.3) is 0 Å². The molecule has 3 N–H and O–H groups in total. The van der Waals surface area contributed by atoms with Crippen molar-refractivity contribution in [2.24, 2.45) is 23.7 Å². The normalized spacial score (nSPS) is 15.0. The molecule has 504 valence electrons. The van der Waals surface area contributed by atoms with E-state index in [1.54, 1.807) is 0 Å². The molecule has 0 aliphatic heterocycles. The van der Waals surface area contributed by atoms with Crippen LogP contribution in [0.5, 0.6) is 0 Å². The van der Waals surface area contributed by atoms with Crippen LogP contribution in [0, 0.1) is 23.7 Å². The summed E-state index contributed by atoms with van der Waals surface area (Å²) in [5.41, 5.74) is 0. The second kappa shape index (κ2) is 56.1. The van der Waals surface area contributed by atoms with E-state index in [-0.39, 0.29) is 25.7 Å². The summed E-state index contributed by atoms with van der Waals surface area (Å²) in [4.78, 5) is 72.3.